The van der Waals surface area contributed by atoms with Crippen LogP contribution in [-0.4, -0.2) is 27.7 Å². The van der Waals surface area contributed by atoms with Gasteiger partial charge in [0.15, 0.2) is 5.11 Å². The summed E-state index contributed by atoms with van der Waals surface area (Å²) in [5.41, 5.74) is 2.61. The van der Waals surface area contributed by atoms with Crippen LogP contribution >= 0.6 is 12.2 Å². The highest BCUT2D eigenvalue weighted by Crippen LogP contribution is 2.32. The van der Waals surface area contributed by atoms with E-state index >= 15 is 0 Å². The Balaban J connectivity index is 1.87. The fourth-order valence-electron chi connectivity index (χ4n) is 3.06. The van der Waals surface area contributed by atoms with E-state index < -0.39 is 0 Å². The van der Waals surface area contributed by atoms with Gasteiger partial charge in [0.1, 0.15) is 0 Å². The number of hydrogen-bond donors (Lipinski definition) is 1. The molecule has 2 aromatic rings. The summed E-state index contributed by atoms with van der Waals surface area (Å²) in [6.45, 7) is 5.08. The van der Waals surface area contributed by atoms with E-state index in [1.165, 1.54) is 17.7 Å². The number of benzene rings is 1. The quantitative estimate of drug-likeness (QED) is 0.688. The molecule has 0 radical (unpaired) electrons. The van der Waals surface area contributed by atoms with Gasteiger partial charge in [-0.25, -0.2) is 0 Å². The summed E-state index contributed by atoms with van der Waals surface area (Å²) in [5.74, 6) is 0. The molecule has 1 aliphatic heterocycles. The van der Waals surface area contributed by atoms with Crippen LogP contribution in [0.4, 0.5) is 0 Å². The minimum absolute atomic E-state index is 0.201. The molecule has 0 saturated carbocycles. The van der Waals surface area contributed by atoms with Crippen molar-refractivity contribution in [2.75, 3.05) is 13.1 Å². The van der Waals surface area contributed by atoms with Crippen LogP contribution in [0.3, 0.4) is 0 Å². The average molecular weight is 313 g/mol. The first-order chi connectivity index (χ1) is 10.8. The number of nitrogens with one attached hydrogen (secondary N) is 1. The van der Waals surface area contributed by atoms with E-state index in [1.54, 1.807) is 0 Å². The molecule has 0 saturated heterocycles. The van der Waals surface area contributed by atoms with Gasteiger partial charge >= 0.3 is 0 Å². The molecule has 116 valence electrons. The molecule has 4 heteroatoms. The summed E-state index contributed by atoms with van der Waals surface area (Å²) >= 11 is 5.67. The fourth-order valence-corrected chi connectivity index (χ4v) is 3.36. The molecule has 3 nitrogen and oxygen atoms in total. The Kier molecular flexibility index (Phi) is 4.78. The predicted molar refractivity (Wildman–Crippen MR) is 94.9 cm³/mol. The third-order valence-electron chi connectivity index (χ3n) is 4.22. The average Bonchev–Trinajstić information content (AvgIpc) is 3.03. The van der Waals surface area contributed by atoms with Crippen LogP contribution in [0.25, 0.3) is 0 Å². The minimum Gasteiger partial charge on any atom is -0.363 e. The van der Waals surface area contributed by atoms with E-state index in [0.717, 1.165) is 31.2 Å². The van der Waals surface area contributed by atoms with Gasteiger partial charge in [-0.1, -0.05) is 43.7 Å². The molecule has 1 aromatic carbocycles. The number of thiocarbonyl (C=S) groups is 1. The van der Waals surface area contributed by atoms with Gasteiger partial charge in [-0.05, 0) is 36.3 Å². The summed E-state index contributed by atoms with van der Waals surface area (Å²) in [6, 6.07) is 15.2. The van der Waals surface area contributed by atoms with Crippen molar-refractivity contribution in [1.29, 1.82) is 0 Å². The van der Waals surface area contributed by atoms with Gasteiger partial charge in [0.2, 0.25) is 0 Å². The highest BCUT2D eigenvalue weighted by atomic mass is 32.1. The lowest BCUT2D eigenvalue weighted by Crippen LogP contribution is -2.47. The molecule has 0 aliphatic carbocycles. The van der Waals surface area contributed by atoms with E-state index in [2.05, 4.69) is 70.4 Å². The van der Waals surface area contributed by atoms with E-state index in [9.17, 15) is 0 Å². The zero-order valence-corrected chi connectivity index (χ0v) is 13.9. The largest absolute Gasteiger partial charge is 0.363 e. The van der Waals surface area contributed by atoms with Crippen LogP contribution in [0, 0.1) is 0 Å². The Morgan fingerprint density at radius 3 is 2.77 bits per heavy atom. The zero-order valence-electron chi connectivity index (χ0n) is 13.0. The van der Waals surface area contributed by atoms with Gasteiger partial charge in [0, 0.05) is 31.5 Å². The van der Waals surface area contributed by atoms with Crippen LogP contribution in [0.2, 0.25) is 0 Å². The predicted octanol–water partition coefficient (Wildman–Crippen LogP) is 3.57. The van der Waals surface area contributed by atoms with Crippen molar-refractivity contribution in [3.05, 3.63) is 59.9 Å². The molecule has 0 spiro atoms. The van der Waals surface area contributed by atoms with Crippen molar-refractivity contribution in [1.82, 2.24) is 14.8 Å². The molecule has 1 aromatic heterocycles. The first-order valence-corrected chi connectivity index (χ1v) is 8.46. The van der Waals surface area contributed by atoms with Crippen LogP contribution in [0.15, 0.2) is 48.7 Å². The van der Waals surface area contributed by atoms with E-state index in [4.69, 9.17) is 12.2 Å². The molecule has 0 amide bonds. The lowest BCUT2D eigenvalue weighted by atomic mass is 10.0. The Morgan fingerprint density at radius 1 is 1.18 bits per heavy atom. The van der Waals surface area contributed by atoms with E-state index in [0.29, 0.717) is 0 Å². The van der Waals surface area contributed by atoms with Gasteiger partial charge < -0.3 is 14.8 Å². The monoisotopic (exact) mass is 313 g/mol. The molecule has 22 heavy (non-hydrogen) atoms. The molecule has 1 N–H and O–H groups in total. The molecule has 3 rings (SSSR count). The topological polar surface area (TPSA) is 20.2 Å². The van der Waals surface area contributed by atoms with Gasteiger partial charge in [0.05, 0.1) is 6.04 Å². The summed E-state index contributed by atoms with van der Waals surface area (Å²) < 4.78 is 2.34. The fraction of sp³-hybridized carbons (Fsp3) is 0.389. The Hall–Kier alpha value is -1.81. The number of rotatable bonds is 4. The summed E-state index contributed by atoms with van der Waals surface area (Å²) in [6.07, 6.45) is 4.50. The first-order valence-electron chi connectivity index (χ1n) is 8.05. The normalized spacial score (nSPS) is 17.1. The third kappa shape index (κ3) is 3.02. The van der Waals surface area contributed by atoms with Crippen molar-refractivity contribution in [2.45, 2.75) is 32.4 Å². The Bertz CT molecular complexity index is 620. The van der Waals surface area contributed by atoms with Crippen LogP contribution in [0.1, 0.15) is 37.1 Å². The molecule has 2 heterocycles. The highest BCUT2D eigenvalue weighted by Gasteiger charge is 2.30. The van der Waals surface area contributed by atoms with Crippen molar-refractivity contribution in [2.24, 2.45) is 0 Å². The van der Waals surface area contributed by atoms with Gasteiger partial charge in [-0.3, -0.25) is 0 Å². The maximum Gasteiger partial charge on any atom is 0.169 e. The maximum absolute atomic E-state index is 5.67. The van der Waals surface area contributed by atoms with Crippen molar-refractivity contribution < 1.29 is 0 Å². The van der Waals surface area contributed by atoms with Crippen LogP contribution in [0.5, 0.6) is 0 Å². The summed E-state index contributed by atoms with van der Waals surface area (Å²) in [5, 5.41) is 4.29. The highest BCUT2D eigenvalue weighted by molar-refractivity contribution is 7.80. The summed E-state index contributed by atoms with van der Waals surface area (Å²) in [7, 11) is 0. The number of fused-ring (bicyclic) bond motifs is 1. The lowest BCUT2D eigenvalue weighted by molar-refractivity contribution is 0.286. The first kappa shape index (κ1) is 15.1. The lowest BCUT2D eigenvalue weighted by Gasteiger charge is -2.39. The molecule has 1 aliphatic rings. The van der Waals surface area contributed by atoms with E-state index in [-0.39, 0.29) is 6.04 Å². The smallest absolute Gasteiger partial charge is 0.169 e. The van der Waals surface area contributed by atoms with Gasteiger partial charge in [-0.15, -0.1) is 0 Å². The van der Waals surface area contributed by atoms with E-state index in [1.807, 2.05) is 0 Å². The third-order valence-corrected chi connectivity index (χ3v) is 4.60. The van der Waals surface area contributed by atoms with Crippen molar-refractivity contribution in [3.63, 3.8) is 0 Å². The second kappa shape index (κ2) is 6.97. The molecule has 0 fully saturated rings. The molecular weight excluding hydrogens is 290 g/mol. The second-order valence-corrected chi connectivity index (χ2v) is 6.11. The second-order valence-electron chi connectivity index (χ2n) is 5.72. The van der Waals surface area contributed by atoms with Gasteiger partial charge in [0.25, 0.3) is 0 Å². The standard InChI is InChI=1S/C18H23N3S/c1-2-3-11-19-18(22)21-14-13-20-12-7-10-16(20)17(21)15-8-5-4-6-9-15/h4-10,12,17H,2-3,11,13-14H2,1H3,(H,19,22). The van der Waals surface area contributed by atoms with Crippen LogP contribution in [-0.2, 0) is 6.54 Å². The molecule has 1 unspecified atom stereocenters. The maximum atomic E-state index is 5.67. The Morgan fingerprint density at radius 2 is 2.00 bits per heavy atom. The van der Waals surface area contributed by atoms with Crippen molar-refractivity contribution >= 4 is 17.3 Å². The molecule has 1 atom stereocenters. The molecule has 0 bridgehead atoms. The number of aromatic nitrogens is 1. The van der Waals surface area contributed by atoms with Crippen molar-refractivity contribution in [3.8, 4) is 0 Å². The number of unbranched alkanes of at least 4 members (excludes halogenated alkanes) is 1. The zero-order chi connectivity index (χ0) is 15.4. The SMILES string of the molecule is CCCCNC(=S)N1CCn2cccc2C1c1ccccc1. The number of hydrogen-bond acceptors (Lipinski definition) is 1. The number of nitrogens with zero attached hydrogens (tertiary/aromatic N) is 2. The minimum atomic E-state index is 0.201. The van der Waals surface area contributed by atoms with Gasteiger partial charge in [-0.2, -0.15) is 0 Å². The van der Waals surface area contributed by atoms with Crippen LogP contribution < -0.4 is 5.32 Å². The Labute approximate surface area is 137 Å². The summed E-state index contributed by atoms with van der Waals surface area (Å²) in [4.78, 5) is 2.33. The molecular formula is C18H23N3S.